The minimum Gasteiger partial charge on any atom is -0.294 e. The molecule has 0 aliphatic rings. The number of benzene rings is 1. The van der Waals surface area contributed by atoms with E-state index in [0.717, 1.165) is 19.3 Å². The highest BCUT2D eigenvalue weighted by Gasteiger charge is 2.19. The van der Waals surface area contributed by atoms with Gasteiger partial charge in [0.2, 0.25) is 0 Å². The summed E-state index contributed by atoms with van der Waals surface area (Å²) in [5, 5.41) is 0. The first kappa shape index (κ1) is 19.8. The number of hydrogen-bond donors (Lipinski definition) is 1. The van der Waals surface area contributed by atoms with Crippen LogP contribution in [0.25, 0.3) is 0 Å². The van der Waals surface area contributed by atoms with Gasteiger partial charge in [0.1, 0.15) is 4.90 Å². The molecule has 0 heterocycles. The fourth-order valence-corrected chi connectivity index (χ4v) is 3.36. The first-order valence-corrected chi connectivity index (χ1v) is 10.0. The summed E-state index contributed by atoms with van der Waals surface area (Å²) >= 11 is 0. The summed E-state index contributed by atoms with van der Waals surface area (Å²) < 4.78 is 31.7. The van der Waals surface area contributed by atoms with Crippen LogP contribution in [-0.2, 0) is 10.1 Å². The maximum absolute atomic E-state index is 12.1. The molecule has 0 aliphatic carbocycles. The Morgan fingerprint density at radius 3 is 2.00 bits per heavy atom. The van der Waals surface area contributed by atoms with Crippen molar-refractivity contribution >= 4 is 15.9 Å². The second kappa shape index (κ2) is 10.6. The Labute approximate surface area is 140 Å². The Balaban J connectivity index is 2.30. The van der Waals surface area contributed by atoms with E-state index in [1.54, 1.807) is 6.07 Å². The summed E-state index contributed by atoms with van der Waals surface area (Å²) in [6.45, 7) is 2.21. The van der Waals surface area contributed by atoms with Gasteiger partial charge in [0.15, 0.2) is 5.78 Å². The van der Waals surface area contributed by atoms with Crippen LogP contribution in [0.3, 0.4) is 0 Å². The Hall–Kier alpha value is -1.20. The van der Waals surface area contributed by atoms with Crippen molar-refractivity contribution in [1.82, 2.24) is 0 Å². The second-order valence-electron chi connectivity index (χ2n) is 5.97. The number of ketones is 1. The van der Waals surface area contributed by atoms with Crippen LogP contribution in [0.5, 0.6) is 0 Å². The molecule has 1 rings (SSSR count). The topological polar surface area (TPSA) is 71.4 Å². The highest BCUT2D eigenvalue weighted by atomic mass is 32.2. The van der Waals surface area contributed by atoms with Gasteiger partial charge in [-0.15, -0.1) is 0 Å². The minimum atomic E-state index is -4.35. The first-order valence-electron chi connectivity index (χ1n) is 8.56. The van der Waals surface area contributed by atoms with Gasteiger partial charge in [-0.3, -0.25) is 9.35 Å². The molecule has 130 valence electrons. The summed E-state index contributed by atoms with van der Waals surface area (Å²) in [6.07, 6.45) is 10.8. The van der Waals surface area contributed by atoms with Crippen molar-refractivity contribution in [3.05, 3.63) is 29.8 Å². The molecule has 1 aromatic carbocycles. The summed E-state index contributed by atoms with van der Waals surface area (Å²) in [5.41, 5.74) is 0.0922. The lowest BCUT2D eigenvalue weighted by Gasteiger charge is -2.06. The van der Waals surface area contributed by atoms with Gasteiger partial charge >= 0.3 is 0 Å². The molecule has 0 amide bonds. The van der Waals surface area contributed by atoms with E-state index < -0.39 is 10.1 Å². The third-order valence-corrected chi connectivity index (χ3v) is 4.88. The minimum absolute atomic E-state index is 0.0922. The van der Waals surface area contributed by atoms with Crippen molar-refractivity contribution in [3.63, 3.8) is 0 Å². The molecule has 0 aromatic heterocycles. The third-order valence-electron chi connectivity index (χ3n) is 3.97. The Bertz CT molecular complexity index is 578. The molecule has 0 spiro atoms. The summed E-state index contributed by atoms with van der Waals surface area (Å²) in [5.74, 6) is -0.221. The predicted molar refractivity (Wildman–Crippen MR) is 92.4 cm³/mol. The summed E-state index contributed by atoms with van der Waals surface area (Å²) in [6, 6.07) is 5.83. The second-order valence-corrected chi connectivity index (χ2v) is 7.36. The monoisotopic (exact) mass is 340 g/mol. The van der Waals surface area contributed by atoms with Crippen molar-refractivity contribution in [3.8, 4) is 0 Å². The summed E-state index contributed by atoms with van der Waals surface area (Å²) in [7, 11) is -4.35. The molecule has 0 aliphatic heterocycles. The molecule has 0 saturated heterocycles. The van der Waals surface area contributed by atoms with Crippen LogP contribution in [0.1, 0.15) is 81.5 Å². The maximum Gasteiger partial charge on any atom is 0.295 e. The Morgan fingerprint density at radius 2 is 1.43 bits per heavy atom. The van der Waals surface area contributed by atoms with Crippen molar-refractivity contribution in [2.75, 3.05) is 0 Å². The average molecular weight is 340 g/mol. The van der Waals surface area contributed by atoms with Crippen LogP contribution >= 0.6 is 0 Å². The van der Waals surface area contributed by atoms with E-state index in [9.17, 15) is 13.2 Å². The number of unbranched alkanes of at least 4 members (excludes halogenated alkanes) is 8. The maximum atomic E-state index is 12.1. The number of carbonyl (C=O) groups is 1. The van der Waals surface area contributed by atoms with E-state index in [0.29, 0.717) is 6.42 Å². The Morgan fingerprint density at radius 1 is 0.913 bits per heavy atom. The molecule has 0 radical (unpaired) electrons. The quantitative estimate of drug-likeness (QED) is 0.329. The van der Waals surface area contributed by atoms with Crippen molar-refractivity contribution in [1.29, 1.82) is 0 Å². The predicted octanol–water partition coefficient (Wildman–Crippen LogP) is 5.04. The SMILES string of the molecule is CCCCCCCCCCCC(=O)c1ccccc1S(=O)(=O)O. The van der Waals surface area contributed by atoms with Crippen LogP contribution < -0.4 is 0 Å². The van der Waals surface area contributed by atoms with Crippen LogP contribution in [0.2, 0.25) is 0 Å². The molecule has 0 bridgehead atoms. The van der Waals surface area contributed by atoms with Crippen LogP contribution in [-0.4, -0.2) is 18.8 Å². The van der Waals surface area contributed by atoms with Gasteiger partial charge < -0.3 is 0 Å². The van der Waals surface area contributed by atoms with Crippen LogP contribution in [0.4, 0.5) is 0 Å². The first-order chi connectivity index (χ1) is 11.0. The molecule has 0 atom stereocenters. The van der Waals surface area contributed by atoms with Gasteiger partial charge in [0, 0.05) is 12.0 Å². The molecule has 4 nitrogen and oxygen atoms in total. The van der Waals surface area contributed by atoms with E-state index in [-0.39, 0.29) is 16.2 Å². The standard InChI is InChI=1S/C18H28O4S/c1-2-3-4-5-6-7-8-9-10-14-17(19)16-13-11-12-15-18(16)23(20,21)22/h11-13,15H,2-10,14H2,1H3,(H,20,21,22). The fourth-order valence-electron chi connectivity index (χ4n) is 2.65. The van der Waals surface area contributed by atoms with Gasteiger partial charge in [0.25, 0.3) is 10.1 Å². The van der Waals surface area contributed by atoms with Gasteiger partial charge in [-0.2, -0.15) is 8.42 Å². The zero-order valence-corrected chi connectivity index (χ0v) is 14.8. The van der Waals surface area contributed by atoms with Crippen molar-refractivity contribution in [2.24, 2.45) is 0 Å². The number of rotatable bonds is 12. The molecule has 23 heavy (non-hydrogen) atoms. The van der Waals surface area contributed by atoms with Crippen molar-refractivity contribution in [2.45, 2.75) is 76.0 Å². The number of hydrogen-bond acceptors (Lipinski definition) is 3. The van der Waals surface area contributed by atoms with Gasteiger partial charge in [-0.05, 0) is 12.5 Å². The van der Waals surface area contributed by atoms with Crippen LogP contribution in [0, 0.1) is 0 Å². The van der Waals surface area contributed by atoms with E-state index in [1.807, 2.05) is 0 Å². The molecule has 0 unspecified atom stereocenters. The highest BCUT2D eigenvalue weighted by Crippen LogP contribution is 2.18. The van der Waals surface area contributed by atoms with E-state index in [1.165, 1.54) is 56.7 Å². The smallest absolute Gasteiger partial charge is 0.294 e. The zero-order valence-electron chi connectivity index (χ0n) is 14.0. The van der Waals surface area contributed by atoms with E-state index in [2.05, 4.69) is 6.92 Å². The largest absolute Gasteiger partial charge is 0.295 e. The van der Waals surface area contributed by atoms with Gasteiger partial charge in [0.05, 0.1) is 0 Å². The van der Waals surface area contributed by atoms with Crippen LogP contribution in [0.15, 0.2) is 29.2 Å². The van der Waals surface area contributed by atoms with Gasteiger partial charge in [-0.1, -0.05) is 76.5 Å². The highest BCUT2D eigenvalue weighted by molar-refractivity contribution is 7.86. The van der Waals surface area contributed by atoms with E-state index >= 15 is 0 Å². The zero-order chi connectivity index (χ0) is 17.1. The lowest BCUT2D eigenvalue weighted by Crippen LogP contribution is -2.08. The fraction of sp³-hybridized carbons (Fsp3) is 0.611. The molecule has 0 fully saturated rings. The lowest BCUT2D eigenvalue weighted by atomic mass is 10.0. The normalized spacial score (nSPS) is 11.6. The Kier molecular flexibility index (Phi) is 9.10. The molecule has 0 saturated carbocycles. The lowest BCUT2D eigenvalue weighted by molar-refractivity contribution is 0.0975. The molecule has 1 aromatic rings. The number of Topliss-reactive ketones (excluding diaryl/α,β-unsaturated/α-hetero) is 1. The van der Waals surface area contributed by atoms with E-state index in [4.69, 9.17) is 4.55 Å². The third kappa shape index (κ3) is 7.75. The average Bonchev–Trinajstić information content (AvgIpc) is 2.52. The molecular formula is C18H28O4S. The summed E-state index contributed by atoms with van der Waals surface area (Å²) in [4.78, 5) is 11.9. The number of carbonyl (C=O) groups excluding carboxylic acids is 1. The molecule has 1 N–H and O–H groups in total. The molecular weight excluding hydrogens is 312 g/mol. The van der Waals surface area contributed by atoms with Crippen molar-refractivity contribution < 1.29 is 17.8 Å². The molecule has 5 heteroatoms. The van der Waals surface area contributed by atoms with Gasteiger partial charge in [-0.25, -0.2) is 0 Å².